The molecule has 0 fully saturated rings. The maximum Gasteiger partial charge on any atom is 0.341 e. The van der Waals surface area contributed by atoms with E-state index in [9.17, 15) is 9.59 Å². The van der Waals surface area contributed by atoms with Crippen molar-refractivity contribution >= 4 is 51.3 Å². The first-order chi connectivity index (χ1) is 14.7. The Hall–Kier alpha value is -2.17. The fourth-order valence-electron chi connectivity index (χ4n) is 3.02. The first kappa shape index (κ1) is 23.5. The van der Waals surface area contributed by atoms with E-state index in [1.165, 1.54) is 33.5 Å². The molecule has 0 aliphatic heterocycles. The minimum Gasteiger partial charge on any atom is -0.462 e. The van der Waals surface area contributed by atoms with Crippen molar-refractivity contribution in [3.63, 3.8) is 0 Å². The number of carbonyl (C=O) groups excluding carboxylic acids is 2. The third-order valence-electron chi connectivity index (χ3n) is 4.64. The zero-order chi connectivity index (χ0) is 22.7. The predicted molar refractivity (Wildman–Crippen MR) is 128 cm³/mol. The normalized spacial score (nSPS) is 11.2. The van der Waals surface area contributed by atoms with Gasteiger partial charge in [0.1, 0.15) is 5.00 Å². The predicted octanol–water partition coefficient (Wildman–Crippen LogP) is 5.48. The SMILES string of the molecule is CCOC(=O)c1cc(C)sc1NC(=O)CSc1nnc(-c2csc(C)c2C)n1C(C)C. The topological polar surface area (TPSA) is 86.1 Å². The van der Waals surface area contributed by atoms with Gasteiger partial charge in [0.25, 0.3) is 0 Å². The van der Waals surface area contributed by atoms with Gasteiger partial charge in [-0.2, -0.15) is 0 Å². The highest BCUT2D eigenvalue weighted by molar-refractivity contribution is 7.99. The maximum absolute atomic E-state index is 12.6. The van der Waals surface area contributed by atoms with E-state index in [2.05, 4.69) is 53.2 Å². The van der Waals surface area contributed by atoms with Crippen molar-refractivity contribution in [1.82, 2.24) is 14.8 Å². The summed E-state index contributed by atoms with van der Waals surface area (Å²) in [7, 11) is 0. The Balaban J connectivity index is 1.74. The van der Waals surface area contributed by atoms with E-state index in [1.807, 2.05) is 6.92 Å². The molecule has 3 aromatic heterocycles. The maximum atomic E-state index is 12.6. The zero-order valence-corrected chi connectivity index (χ0v) is 20.9. The third kappa shape index (κ3) is 5.19. The number of aromatic nitrogens is 3. The number of nitrogens with one attached hydrogen (secondary N) is 1. The van der Waals surface area contributed by atoms with Gasteiger partial charge in [-0.3, -0.25) is 9.36 Å². The summed E-state index contributed by atoms with van der Waals surface area (Å²) < 4.78 is 7.14. The summed E-state index contributed by atoms with van der Waals surface area (Å²) in [5.41, 5.74) is 2.67. The van der Waals surface area contributed by atoms with Crippen LogP contribution in [0.25, 0.3) is 11.4 Å². The Kier molecular flexibility index (Phi) is 7.55. The molecule has 0 aromatic carbocycles. The number of thiophene rings is 2. The first-order valence-corrected chi connectivity index (χ1v) is 12.6. The van der Waals surface area contributed by atoms with Crippen molar-refractivity contribution in [2.45, 2.75) is 52.7 Å². The number of nitrogens with zero attached hydrogens (tertiary/aromatic N) is 3. The summed E-state index contributed by atoms with van der Waals surface area (Å²) >= 11 is 4.38. The number of rotatable bonds is 8. The Morgan fingerprint density at radius 2 is 2.00 bits per heavy atom. The zero-order valence-electron chi connectivity index (χ0n) is 18.4. The number of ether oxygens (including phenoxy) is 1. The molecule has 7 nitrogen and oxygen atoms in total. The standard InChI is InChI=1S/C21H26N4O3S3/c1-7-28-20(27)15-8-12(4)31-19(15)22-17(26)10-30-21-24-23-18(25(21)11(2)3)16-9-29-14(6)13(16)5/h8-9,11H,7,10H2,1-6H3,(H,22,26). The van der Waals surface area contributed by atoms with Crippen LogP contribution in [0.1, 0.15) is 52.5 Å². The summed E-state index contributed by atoms with van der Waals surface area (Å²) in [6.07, 6.45) is 0. The molecular formula is C21H26N4O3S3. The molecule has 0 saturated heterocycles. The van der Waals surface area contributed by atoms with E-state index in [0.29, 0.717) is 15.7 Å². The number of thioether (sulfide) groups is 1. The summed E-state index contributed by atoms with van der Waals surface area (Å²) in [5, 5.41) is 14.9. The monoisotopic (exact) mass is 478 g/mol. The molecule has 1 amide bonds. The van der Waals surface area contributed by atoms with Crippen LogP contribution in [0.4, 0.5) is 5.00 Å². The average molecular weight is 479 g/mol. The molecule has 166 valence electrons. The second-order valence-electron chi connectivity index (χ2n) is 7.26. The first-order valence-electron chi connectivity index (χ1n) is 9.93. The fourth-order valence-corrected chi connectivity index (χ4v) is 5.67. The van der Waals surface area contributed by atoms with Gasteiger partial charge >= 0.3 is 5.97 Å². The van der Waals surface area contributed by atoms with Crippen LogP contribution in [-0.4, -0.2) is 39.0 Å². The van der Waals surface area contributed by atoms with E-state index >= 15 is 0 Å². The fraction of sp³-hybridized carbons (Fsp3) is 0.429. The molecule has 3 rings (SSSR count). The van der Waals surface area contributed by atoms with Crippen LogP contribution in [0.3, 0.4) is 0 Å². The van der Waals surface area contributed by atoms with Crippen LogP contribution in [0.15, 0.2) is 16.6 Å². The smallest absolute Gasteiger partial charge is 0.341 e. The van der Waals surface area contributed by atoms with Gasteiger partial charge < -0.3 is 10.1 Å². The lowest BCUT2D eigenvalue weighted by Gasteiger charge is -2.13. The second kappa shape index (κ2) is 9.97. The molecule has 0 spiro atoms. The Morgan fingerprint density at radius 3 is 2.61 bits per heavy atom. The van der Waals surface area contributed by atoms with Crippen molar-refractivity contribution in [1.29, 1.82) is 0 Å². The summed E-state index contributed by atoms with van der Waals surface area (Å²) in [5.74, 6) is 0.338. The minimum atomic E-state index is -0.430. The van der Waals surface area contributed by atoms with Gasteiger partial charge in [-0.15, -0.1) is 32.9 Å². The molecule has 10 heteroatoms. The molecule has 0 bridgehead atoms. The molecule has 31 heavy (non-hydrogen) atoms. The molecule has 1 N–H and O–H groups in total. The lowest BCUT2D eigenvalue weighted by Crippen LogP contribution is -2.16. The van der Waals surface area contributed by atoms with Crippen LogP contribution in [-0.2, 0) is 9.53 Å². The quantitative estimate of drug-likeness (QED) is 0.341. The van der Waals surface area contributed by atoms with Crippen LogP contribution >= 0.6 is 34.4 Å². The van der Waals surface area contributed by atoms with E-state index < -0.39 is 5.97 Å². The molecule has 0 saturated carbocycles. The number of hydrogen-bond acceptors (Lipinski definition) is 8. The third-order valence-corrected chi connectivity index (χ3v) is 7.57. The largest absolute Gasteiger partial charge is 0.462 e. The summed E-state index contributed by atoms with van der Waals surface area (Å²) in [4.78, 5) is 26.9. The van der Waals surface area contributed by atoms with Crippen LogP contribution < -0.4 is 5.32 Å². The molecular weight excluding hydrogens is 452 g/mol. The minimum absolute atomic E-state index is 0.144. The highest BCUT2D eigenvalue weighted by Crippen LogP contribution is 2.34. The number of anilines is 1. The van der Waals surface area contributed by atoms with E-state index in [-0.39, 0.29) is 24.3 Å². The molecule has 3 aromatic rings. The Morgan fingerprint density at radius 1 is 1.26 bits per heavy atom. The van der Waals surface area contributed by atoms with Gasteiger partial charge in [0, 0.05) is 26.7 Å². The number of hydrogen-bond donors (Lipinski definition) is 1. The van der Waals surface area contributed by atoms with E-state index in [0.717, 1.165) is 16.3 Å². The van der Waals surface area contributed by atoms with Gasteiger partial charge in [0.05, 0.1) is 17.9 Å². The van der Waals surface area contributed by atoms with Crippen LogP contribution in [0, 0.1) is 20.8 Å². The highest BCUT2D eigenvalue weighted by Gasteiger charge is 2.22. The van der Waals surface area contributed by atoms with Gasteiger partial charge in [0.15, 0.2) is 11.0 Å². The van der Waals surface area contributed by atoms with Crippen molar-refractivity contribution in [2.24, 2.45) is 0 Å². The van der Waals surface area contributed by atoms with Gasteiger partial charge in [0.2, 0.25) is 5.91 Å². The summed E-state index contributed by atoms with van der Waals surface area (Å²) in [6, 6.07) is 1.88. The molecule has 0 radical (unpaired) electrons. The van der Waals surface area contributed by atoms with E-state index in [1.54, 1.807) is 24.3 Å². The van der Waals surface area contributed by atoms with Gasteiger partial charge in [-0.25, -0.2) is 4.79 Å². The van der Waals surface area contributed by atoms with Crippen LogP contribution in [0.5, 0.6) is 0 Å². The molecule has 0 aliphatic carbocycles. The van der Waals surface area contributed by atoms with Gasteiger partial charge in [-0.1, -0.05) is 11.8 Å². The second-order valence-corrected chi connectivity index (χ2v) is 10.5. The molecule has 0 atom stereocenters. The number of aryl methyl sites for hydroxylation is 2. The van der Waals surface area contributed by atoms with E-state index in [4.69, 9.17) is 4.74 Å². The van der Waals surface area contributed by atoms with Crippen molar-refractivity contribution in [2.75, 3.05) is 17.7 Å². The highest BCUT2D eigenvalue weighted by atomic mass is 32.2. The lowest BCUT2D eigenvalue weighted by atomic mass is 10.1. The number of amides is 1. The molecule has 3 heterocycles. The van der Waals surface area contributed by atoms with Crippen molar-refractivity contribution < 1.29 is 14.3 Å². The van der Waals surface area contributed by atoms with Crippen molar-refractivity contribution in [3.05, 3.63) is 32.3 Å². The number of carbonyl (C=O) groups is 2. The Bertz CT molecular complexity index is 1100. The van der Waals surface area contributed by atoms with Crippen molar-refractivity contribution in [3.8, 4) is 11.4 Å². The van der Waals surface area contributed by atoms with Gasteiger partial charge in [-0.05, 0) is 53.2 Å². The average Bonchev–Trinajstić information content (AvgIpc) is 3.38. The van der Waals surface area contributed by atoms with Crippen LogP contribution in [0.2, 0.25) is 0 Å². The summed E-state index contributed by atoms with van der Waals surface area (Å²) in [6.45, 7) is 12.3. The molecule has 0 unspecified atom stereocenters. The Labute approximate surface area is 194 Å². The molecule has 0 aliphatic rings. The lowest BCUT2D eigenvalue weighted by molar-refractivity contribution is -0.113. The number of esters is 1.